The van der Waals surface area contributed by atoms with E-state index in [0.717, 1.165) is 0 Å². The molecule has 5 aromatic heterocycles. The molecule has 0 radical (unpaired) electrons. The molecule has 0 aromatic carbocycles. The molecule has 23 heteroatoms. The van der Waals surface area contributed by atoms with E-state index in [1.807, 2.05) is 0 Å². The zero-order chi connectivity index (χ0) is 32.0. The number of phosphoric ester groups is 1. The fourth-order valence-corrected chi connectivity index (χ4v) is 8.36. The Balaban J connectivity index is 1.10. The highest BCUT2D eigenvalue weighted by Gasteiger charge is 2.51. The summed E-state index contributed by atoms with van der Waals surface area (Å²) in [7, 11) is -4.84. The van der Waals surface area contributed by atoms with Crippen LogP contribution in [0.3, 0.4) is 0 Å². The number of fused-ring (bicyclic) bond motifs is 6. The first-order valence-electron chi connectivity index (χ1n) is 14.0. The molecule has 1 aliphatic carbocycles. The summed E-state index contributed by atoms with van der Waals surface area (Å²) in [6.45, 7) is -4.90. The van der Waals surface area contributed by atoms with Crippen LogP contribution in [0.15, 0.2) is 36.2 Å². The number of aromatic nitrogens is 9. The van der Waals surface area contributed by atoms with Crippen LogP contribution in [-0.4, -0.2) is 91.6 Å². The number of phosphoric acid groups is 1. The van der Waals surface area contributed by atoms with Crippen molar-refractivity contribution in [1.82, 2.24) is 43.4 Å². The van der Waals surface area contributed by atoms with Crippen molar-refractivity contribution in [3.63, 3.8) is 0 Å². The molecule has 2 bridgehead atoms. The zero-order valence-electron chi connectivity index (χ0n) is 23.4. The maximum absolute atomic E-state index is 13.3. The topological polar surface area (TPSA) is 258 Å². The third-order valence-corrected chi connectivity index (χ3v) is 11.2. The van der Waals surface area contributed by atoms with Crippen molar-refractivity contribution >= 4 is 60.8 Å². The number of aliphatic hydroxyl groups is 1. The van der Waals surface area contributed by atoms with Gasteiger partial charge in [0.15, 0.2) is 23.2 Å². The smallest absolute Gasteiger partial charge is 0.387 e. The predicted octanol–water partition coefficient (Wildman–Crippen LogP) is 0.817. The summed E-state index contributed by atoms with van der Waals surface area (Å²) in [6.07, 6.45) is 1.77. The molecule has 244 valence electrons. The Labute approximate surface area is 262 Å². The number of nitrogens with two attached hydrogens (primary N) is 1. The predicted molar refractivity (Wildman–Crippen MR) is 159 cm³/mol. The molecule has 5 N–H and O–H groups in total. The maximum Gasteiger partial charge on any atom is 0.472 e. The number of ether oxygens (including phenoxy) is 1. The molecule has 2 saturated heterocycles. The summed E-state index contributed by atoms with van der Waals surface area (Å²) in [6, 6.07) is -0.280. The number of nitrogens with zero attached hydrogens (tertiary/aromatic N) is 8. The third kappa shape index (κ3) is 4.98. The monoisotopic (exact) mass is 696 g/mol. The van der Waals surface area contributed by atoms with Crippen molar-refractivity contribution in [2.24, 2.45) is 11.8 Å². The van der Waals surface area contributed by atoms with Gasteiger partial charge in [-0.15, -0.1) is 0 Å². The lowest BCUT2D eigenvalue weighted by Gasteiger charge is -2.45. The fourth-order valence-electron chi connectivity index (χ4n) is 6.22. The standard InChI is InChI=1S/C23H26N10O10P2S/c24-18-14-19(27-7-26-18)32(8-28-14)12-3-10-4-39-44(36,37)43-17-16(34)13(6-41-45(38,46)40-5-11(10)12)42-22(17)33-9-29-15-20(33)30-23-25-1-2-31(23)21(15)35/h1-2,7-13,16-17,22,34H,3-6H2,(H,25,30)(H,36,37)(H,38,46)(H2,24,26,27)/t10-,11-,12-,13-,16-,17-,22-,45?/m1/s1. The SMILES string of the molecule is Nc1ncnc2c1ncn2[C@@H]1C[C@@H]2COP(=O)(O)O[C@@H]3[C@H](O)[C@@H](COP(=O)(S)OC[C@H]21)O[C@H]3n1cnc2c(=O)n3ccnc3[nH]c21. The molecule has 0 spiro atoms. The van der Waals surface area contributed by atoms with Crippen LogP contribution >= 0.6 is 26.9 Å². The van der Waals surface area contributed by atoms with Gasteiger partial charge in [-0.2, -0.15) is 0 Å². The molecule has 3 aliphatic rings. The first-order valence-corrected chi connectivity index (χ1v) is 18.1. The Morgan fingerprint density at radius 1 is 1.02 bits per heavy atom. The number of hydrogen-bond donors (Lipinski definition) is 5. The van der Waals surface area contributed by atoms with Gasteiger partial charge in [0, 0.05) is 24.4 Å². The van der Waals surface area contributed by atoms with Crippen LogP contribution in [0.25, 0.3) is 28.1 Å². The largest absolute Gasteiger partial charge is 0.472 e. The lowest BCUT2D eigenvalue weighted by Crippen LogP contribution is -2.43. The van der Waals surface area contributed by atoms with Crippen molar-refractivity contribution in [1.29, 1.82) is 0 Å². The van der Waals surface area contributed by atoms with E-state index in [2.05, 4.69) is 42.2 Å². The van der Waals surface area contributed by atoms with E-state index in [0.29, 0.717) is 17.6 Å². The quantitative estimate of drug-likeness (QED) is 0.126. The van der Waals surface area contributed by atoms with E-state index in [4.69, 9.17) is 28.6 Å². The first kappa shape index (κ1) is 30.1. The molecule has 3 fully saturated rings. The molecular formula is C23H26N10O10P2S. The number of anilines is 1. The number of rotatable bonds is 2. The molecule has 0 amide bonds. The van der Waals surface area contributed by atoms with Crippen LogP contribution in [0.2, 0.25) is 0 Å². The van der Waals surface area contributed by atoms with Crippen molar-refractivity contribution in [3.05, 3.63) is 41.7 Å². The summed E-state index contributed by atoms with van der Waals surface area (Å²) in [5, 5.41) is 11.2. The van der Waals surface area contributed by atoms with Crippen molar-refractivity contribution in [2.45, 2.75) is 37.0 Å². The molecule has 1 saturated carbocycles. The van der Waals surface area contributed by atoms with Crippen molar-refractivity contribution < 1.29 is 42.0 Å². The van der Waals surface area contributed by atoms with Crippen LogP contribution in [0.4, 0.5) is 5.82 Å². The lowest BCUT2D eigenvalue weighted by molar-refractivity contribution is -0.0486. The number of thiol groups is 1. The van der Waals surface area contributed by atoms with E-state index >= 15 is 0 Å². The second-order valence-electron chi connectivity index (χ2n) is 11.2. The first-order chi connectivity index (χ1) is 22.0. The van der Waals surface area contributed by atoms with Crippen molar-refractivity contribution in [2.75, 3.05) is 25.6 Å². The molecule has 8 rings (SSSR count). The van der Waals surface area contributed by atoms with Crippen LogP contribution in [0, 0.1) is 11.8 Å². The van der Waals surface area contributed by atoms with Gasteiger partial charge < -0.3 is 34.5 Å². The van der Waals surface area contributed by atoms with Crippen LogP contribution in [-0.2, 0) is 32.0 Å². The highest BCUT2D eigenvalue weighted by molar-refractivity contribution is 8.44. The molecule has 20 nitrogen and oxygen atoms in total. The van der Waals surface area contributed by atoms with Gasteiger partial charge in [0.2, 0.25) is 5.78 Å². The number of imidazole rings is 3. The highest BCUT2D eigenvalue weighted by atomic mass is 32.7. The Morgan fingerprint density at radius 2 is 1.80 bits per heavy atom. The van der Waals surface area contributed by atoms with Gasteiger partial charge in [0.25, 0.3) is 5.56 Å². The van der Waals surface area contributed by atoms with E-state index in [1.54, 1.807) is 10.9 Å². The van der Waals surface area contributed by atoms with Gasteiger partial charge in [-0.25, -0.2) is 38.5 Å². The van der Waals surface area contributed by atoms with E-state index in [9.17, 15) is 23.9 Å². The van der Waals surface area contributed by atoms with E-state index < -0.39 is 57.2 Å². The second-order valence-corrected chi connectivity index (χ2v) is 15.5. The minimum absolute atomic E-state index is 0.00928. The second kappa shape index (κ2) is 10.9. The van der Waals surface area contributed by atoms with Crippen LogP contribution in [0.5, 0.6) is 0 Å². The molecule has 46 heavy (non-hydrogen) atoms. The summed E-state index contributed by atoms with van der Waals surface area (Å²) < 4.78 is 59.1. The Hall–Kier alpha value is -3.23. The minimum atomic E-state index is -4.84. The average molecular weight is 697 g/mol. The number of nitrogen functional groups attached to an aromatic ring is 1. The van der Waals surface area contributed by atoms with Gasteiger partial charge in [-0.05, 0) is 12.3 Å². The number of aliphatic hydroxyl groups excluding tert-OH is 1. The number of nitrogens with one attached hydrogen (secondary N) is 1. The maximum atomic E-state index is 13.3. The molecule has 9 atom stereocenters. The molecule has 7 heterocycles. The van der Waals surface area contributed by atoms with Crippen LogP contribution in [0.1, 0.15) is 18.7 Å². The molecule has 5 aromatic rings. The van der Waals surface area contributed by atoms with Crippen LogP contribution < -0.4 is 11.3 Å². The molecular weight excluding hydrogens is 670 g/mol. The van der Waals surface area contributed by atoms with Gasteiger partial charge in [-0.3, -0.25) is 22.9 Å². The zero-order valence-corrected chi connectivity index (χ0v) is 26.1. The van der Waals surface area contributed by atoms with Gasteiger partial charge in [-0.1, -0.05) is 12.2 Å². The van der Waals surface area contributed by atoms with E-state index in [-0.39, 0.29) is 47.9 Å². The van der Waals surface area contributed by atoms with Crippen molar-refractivity contribution in [3.8, 4) is 0 Å². The Kier molecular flexibility index (Phi) is 7.15. The number of H-pyrrole nitrogens is 1. The Bertz CT molecular complexity index is 2140. The molecule has 2 aliphatic heterocycles. The summed E-state index contributed by atoms with van der Waals surface area (Å²) >= 11 is 4.13. The minimum Gasteiger partial charge on any atom is -0.387 e. The highest BCUT2D eigenvalue weighted by Crippen LogP contribution is 2.58. The average Bonchev–Trinajstić information content (AvgIpc) is 3.79. The van der Waals surface area contributed by atoms with Gasteiger partial charge >= 0.3 is 14.6 Å². The number of hydrogen-bond acceptors (Lipinski definition) is 15. The molecule has 2 unspecified atom stereocenters. The lowest BCUT2D eigenvalue weighted by atomic mass is 9.70. The van der Waals surface area contributed by atoms with Gasteiger partial charge in [0.1, 0.15) is 35.8 Å². The number of aromatic amines is 1. The normalized spacial score (nSPS) is 35.7. The Morgan fingerprint density at radius 3 is 2.65 bits per heavy atom. The summed E-state index contributed by atoms with van der Waals surface area (Å²) in [5.41, 5.74) is 6.50. The van der Waals surface area contributed by atoms with E-state index in [1.165, 1.54) is 34.0 Å². The van der Waals surface area contributed by atoms with Gasteiger partial charge in [0.05, 0.1) is 32.5 Å². The summed E-state index contributed by atoms with van der Waals surface area (Å²) in [4.78, 5) is 47.5. The third-order valence-electron chi connectivity index (χ3n) is 8.60. The fraction of sp³-hybridized carbons (Fsp3) is 0.478. The summed E-state index contributed by atoms with van der Waals surface area (Å²) in [5.74, 6) is -0.361.